The Kier molecular flexibility index (Phi) is 28.3. The first-order valence-electron chi connectivity index (χ1n) is 25.8. The number of phenols is 2. The Morgan fingerprint density at radius 1 is 0.435 bits per heavy atom. The van der Waals surface area contributed by atoms with Crippen LogP contribution >= 0.6 is 15.9 Å². The van der Waals surface area contributed by atoms with Crippen molar-refractivity contribution in [2.24, 2.45) is 0 Å². The van der Waals surface area contributed by atoms with E-state index in [1.54, 1.807) is 146 Å². The molecule has 0 saturated carbocycles. The van der Waals surface area contributed by atoms with Crippen LogP contribution in [0.3, 0.4) is 0 Å². The lowest BCUT2D eigenvalue weighted by atomic mass is 9.99. The van der Waals surface area contributed by atoms with Gasteiger partial charge >= 0.3 is 5.97 Å². The standard InChI is InChI=1S/C26H23FO6.C20H17FO4.C18H13FO2.C2H6O.CH3BrO/c1-3-26(28)33-18-32-23-12-7-20(8-13-23)24-14-9-21(15-25(24)27)19-5-10-22(11-6-19)31-17-30-16-29-4-2;21-20-11-16(14-1-6-17(7-2-14)24-12-22)5-10-19(20)15-3-8-18(9-4-15)25-13-23;19-18-11-14(12-1-6-15(20)7-2-12)5-10-17(18)13-3-8-16(21)9-4-13;1-2-3;2-1-3/h3-15H,1-2,16-18H2;1-11,22-23H,12-13H2;1-11,20-21H;3H,2H2,1H3;3H,1H2. The lowest BCUT2D eigenvalue weighted by Crippen LogP contribution is -2.07. The summed E-state index contributed by atoms with van der Waals surface area (Å²) < 4.78 is 79.1. The molecule has 0 bridgehead atoms. The van der Waals surface area contributed by atoms with Gasteiger partial charge in [0.2, 0.25) is 6.79 Å². The Bertz CT molecular complexity index is 3440. The molecule has 0 aliphatic carbocycles. The fourth-order valence-corrected chi connectivity index (χ4v) is 7.63. The van der Waals surface area contributed by atoms with Gasteiger partial charge in [-0.15, -0.1) is 0 Å². The summed E-state index contributed by atoms with van der Waals surface area (Å²) >= 11 is 2.70. The van der Waals surface area contributed by atoms with Gasteiger partial charge in [0.1, 0.15) is 51.9 Å². The van der Waals surface area contributed by atoms with Gasteiger partial charge in [-0.25, -0.2) is 18.0 Å². The second kappa shape index (κ2) is 36.2. The number of benzene rings is 9. The molecule has 0 saturated heterocycles. The summed E-state index contributed by atoms with van der Waals surface area (Å²) in [6, 6.07) is 56.1. The van der Waals surface area contributed by atoms with E-state index in [0.717, 1.165) is 45.0 Å². The van der Waals surface area contributed by atoms with Crippen molar-refractivity contribution in [2.45, 2.75) is 6.92 Å². The third kappa shape index (κ3) is 21.7. The van der Waals surface area contributed by atoms with Crippen LogP contribution in [0.15, 0.2) is 226 Å². The van der Waals surface area contributed by atoms with Crippen molar-refractivity contribution in [3.8, 4) is 101 Å². The average molecular weight is 1230 g/mol. The van der Waals surface area contributed by atoms with E-state index in [9.17, 15) is 28.2 Å². The number of rotatable bonds is 20. The van der Waals surface area contributed by atoms with E-state index in [1.165, 1.54) is 36.6 Å². The molecule has 0 aromatic heterocycles. The maximum Gasteiger partial charge on any atom is 0.333 e. The first-order chi connectivity index (χ1) is 41.3. The lowest BCUT2D eigenvalue weighted by molar-refractivity contribution is -0.144. The topological polar surface area (TPSA) is 203 Å². The maximum absolute atomic E-state index is 14.8. The van der Waals surface area contributed by atoms with Crippen LogP contribution in [0.1, 0.15) is 6.92 Å². The number of carbonyl (C=O) groups excluding carboxylic acids is 1. The van der Waals surface area contributed by atoms with Crippen molar-refractivity contribution >= 4 is 21.9 Å². The molecule has 0 heterocycles. The van der Waals surface area contributed by atoms with E-state index >= 15 is 0 Å². The quantitative estimate of drug-likeness (QED) is 0.0105. The second-order valence-electron chi connectivity index (χ2n) is 17.1. The summed E-state index contributed by atoms with van der Waals surface area (Å²) in [4.78, 5) is 11.0. The van der Waals surface area contributed by atoms with Crippen LogP contribution in [-0.4, -0.2) is 82.7 Å². The minimum Gasteiger partial charge on any atom is -0.508 e. The third-order valence-electron chi connectivity index (χ3n) is 11.6. The summed E-state index contributed by atoms with van der Waals surface area (Å²) in [6.07, 6.45) is 2.34. The van der Waals surface area contributed by atoms with Crippen LogP contribution < -0.4 is 18.9 Å². The van der Waals surface area contributed by atoms with Crippen molar-refractivity contribution in [1.29, 1.82) is 0 Å². The molecule has 0 amide bonds. The molecule has 18 heteroatoms. The highest BCUT2D eigenvalue weighted by molar-refractivity contribution is 9.09. The largest absolute Gasteiger partial charge is 0.508 e. The molecule has 0 aliphatic heterocycles. The second-order valence-corrected chi connectivity index (χ2v) is 17.6. The van der Waals surface area contributed by atoms with Crippen LogP contribution in [0.25, 0.3) is 66.8 Å². The minimum absolute atomic E-state index is 0.0420. The number of halogens is 4. The SMILES string of the molecule is C=COCOCOc1ccc(-c2ccc(-c3ccc(OCOC(=O)C=C)cc3)c(F)c2)cc1.CCO.OCBr.OCOc1ccc(-c2ccc(-c3ccc(OCO)cc3)c(F)c2)cc1.Oc1ccc(-c2ccc(-c3ccc(O)cc3)c(F)c2)cc1. The normalized spacial score (nSPS) is 10.1. The first kappa shape index (κ1) is 66.4. The van der Waals surface area contributed by atoms with Gasteiger partial charge < -0.3 is 63.8 Å². The summed E-state index contributed by atoms with van der Waals surface area (Å²) in [5.74, 6) is 0.943. The highest BCUT2D eigenvalue weighted by Gasteiger charge is 2.12. The molecule has 0 atom stereocenters. The van der Waals surface area contributed by atoms with Gasteiger partial charge in [0.15, 0.2) is 27.2 Å². The van der Waals surface area contributed by atoms with Crippen LogP contribution in [0.2, 0.25) is 0 Å². The molecule has 0 radical (unpaired) electrons. The van der Waals surface area contributed by atoms with E-state index in [4.69, 9.17) is 53.6 Å². The zero-order valence-corrected chi connectivity index (χ0v) is 47.6. The Morgan fingerprint density at radius 3 is 1.02 bits per heavy atom. The Labute approximate surface area is 498 Å². The average Bonchev–Trinajstić information content (AvgIpc) is 3.17. The summed E-state index contributed by atoms with van der Waals surface area (Å²) in [6.45, 7) is 7.74. The lowest BCUT2D eigenvalue weighted by Gasteiger charge is -2.10. The van der Waals surface area contributed by atoms with Crippen molar-refractivity contribution in [2.75, 3.05) is 46.1 Å². The van der Waals surface area contributed by atoms with Crippen LogP contribution in [0.4, 0.5) is 13.2 Å². The molecule has 85 heavy (non-hydrogen) atoms. The summed E-state index contributed by atoms with van der Waals surface area (Å²) in [7, 11) is 0. The molecular weight excluding hydrogens is 1170 g/mol. The van der Waals surface area contributed by atoms with Gasteiger partial charge in [0.05, 0.1) is 11.8 Å². The molecule has 442 valence electrons. The first-order valence-corrected chi connectivity index (χ1v) is 26.9. The van der Waals surface area contributed by atoms with Gasteiger partial charge in [-0.1, -0.05) is 138 Å². The highest BCUT2D eigenvalue weighted by Crippen LogP contribution is 2.33. The zero-order valence-electron chi connectivity index (χ0n) is 46.0. The number of esters is 1. The Hall–Kier alpha value is -9.40. The zero-order chi connectivity index (χ0) is 61.3. The fourth-order valence-electron chi connectivity index (χ4n) is 7.63. The number of aliphatic hydroxyl groups is 4. The fraction of sp³-hybridized carbons (Fsp3) is 0.119. The molecule has 0 fully saturated rings. The van der Waals surface area contributed by atoms with Crippen molar-refractivity contribution in [1.82, 2.24) is 0 Å². The van der Waals surface area contributed by atoms with Crippen molar-refractivity contribution in [3.05, 3.63) is 243 Å². The van der Waals surface area contributed by atoms with Gasteiger partial charge in [0.25, 0.3) is 0 Å². The number of hydrogen-bond acceptors (Lipinski definition) is 14. The molecule has 9 aromatic carbocycles. The van der Waals surface area contributed by atoms with Crippen LogP contribution in [-0.2, 0) is 19.0 Å². The number of hydrogen-bond donors (Lipinski definition) is 6. The van der Waals surface area contributed by atoms with Gasteiger partial charge in [0, 0.05) is 29.4 Å². The number of aromatic hydroxyl groups is 2. The van der Waals surface area contributed by atoms with Crippen LogP contribution in [0.5, 0.6) is 34.5 Å². The van der Waals surface area contributed by atoms with Crippen LogP contribution in [0, 0.1) is 17.5 Å². The van der Waals surface area contributed by atoms with Crippen molar-refractivity contribution < 1.29 is 81.8 Å². The monoisotopic (exact) mass is 1230 g/mol. The molecule has 0 unspecified atom stereocenters. The van der Waals surface area contributed by atoms with Crippen molar-refractivity contribution in [3.63, 3.8) is 0 Å². The third-order valence-corrected chi connectivity index (χ3v) is 11.6. The van der Waals surface area contributed by atoms with E-state index in [1.807, 2.05) is 30.3 Å². The molecule has 0 aliphatic rings. The maximum atomic E-state index is 14.8. The number of alkyl halides is 1. The summed E-state index contributed by atoms with van der Waals surface area (Å²) in [5.41, 5.74) is 8.39. The Morgan fingerprint density at radius 2 is 0.718 bits per heavy atom. The van der Waals surface area contributed by atoms with Gasteiger partial charge in [-0.2, -0.15) is 0 Å². The number of ether oxygens (including phenoxy) is 7. The predicted octanol–water partition coefficient (Wildman–Crippen LogP) is 14.4. The predicted molar refractivity (Wildman–Crippen MR) is 324 cm³/mol. The van der Waals surface area contributed by atoms with E-state index in [2.05, 4.69) is 29.1 Å². The summed E-state index contributed by atoms with van der Waals surface area (Å²) in [5, 5.41) is 51.1. The minimum atomic E-state index is -0.570. The molecule has 6 N–H and O–H groups in total. The number of carbonyl (C=O) groups is 1. The molecule has 9 rings (SSSR count). The molecule has 9 aromatic rings. The van der Waals surface area contributed by atoms with Gasteiger partial charge in [-0.3, -0.25) is 0 Å². The molecular formula is C67H62BrF3O14. The highest BCUT2D eigenvalue weighted by atomic mass is 79.9. The smallest absolute Gasteiger partial charge is 0.333 e. The van der Waals surface area contributed by atoms with E-state index in [0.29, 0.717) is 50.8 Å². The Balaban J connectivity index is 0.000000227. The molecule has 14 nitrogen and oxygen atoms in total. The number of aliphatic hydroxyl groups excluding tert-OH is 4. The van der Waals surface area contributed by atoms with Gasteiger partial charge in [-0.05, 0) is 148 Å². The molecule has 0 spiro atoms. The number of phenolic OH excluding ortho intramolecular Hbond substituents is 2. The van der Waals surface area contributed by atoms with E-state index < -0.39 is 12.8 Å². The van der Waals surface area contributed by atoms with E-state index in [-0.39, 0.29) is 68.2 Å².